The van der Waals surface area contributed by atoms with E-state index < -0.39 is 12.1 Å². The Labute approximate surface area is 71.8 Å². The maximum atomic E-state index is 12.7. The zero-order valence-electron chi connectivity index (χ0n) is 6.15. The number of methoxy groups -OCH3 is 1. The number of aliphatic carboxylic acids is 1. The fourth-order valence-electron chi connectivity index (χ4n) is 0.609. The number of nitrogens with zero attached hydrogens (tertiary/aromatic N) is 1. The molecule has 12 heavy (non-hydrogen) atoms. The summed E-state index contributed by atoms with van der Waals surface area (Å²) in [7, 11) is 1.38. The van der Waals surface area contributed by atoms with Crippen LogP contribution in [0.25, 0.3) is 0 Å². The fourth-order valence-corrected chi connectivity index (χ4v) is 1.28. The number of hydrogen-bond donors (Lipinski definition) is 1. The predicted molar refractivity (Wildman–Crippen MR) is 40.2 cm³/mol. The molecule has 66 valence electrons. The maximum absolute atomic E-state index is 12.7. The molecule has 0 fully saturated rings. The highest BCUT2D eigenvalue weighted by atomic mass is 32.1. The highest BCUT2D eigenvalue weighted by Gasteiger charge is 2.21. The van der Waals surface area contributed by atoms with Gasteiger partial charge in [-0.3, -0.25) is 0 Å². The predicted octanol–water partition coefficient (Wildman–Crippen LogP) is 1.25. The van der Waals surface area contributed by atoms with Crippen molar-refractivity contribution in [3.63, 3.8) is 0 Å². The number of carbonyl (C=O) groups is 1. The van der Waals surface area contributed by atoms with Crippen LogP contribution < -0.4 is 4.74 Å². The number of carboxylic acids is 1. The van der Waals surface area contributed by atoms with Crippen LogP contribution in [-0.2, 0) is 4.79 Å². The van der Waals surface area contributed by atoms with E-state index in [9.17, 15) is 9.18 Å². The van der Waals surface area contributed by atoms with Gasteiger partial charge in [0.1, 0.15) is 0 Å². The lowest BCUT2D eigenvalue weighted by Gasteiger charge is -1.95. The van der Waals surface area contributed by atoms with E-state index in [0.29, 0.717) is 0 Å². The summed E-state index contributed by atoms with van der Waals surface area (Å²) in [5.74, 6) is -1.28. The molecule has 6 heteroatoms. The lowest BCUT2D eigenvalue weighted by atomic mass is 10.3. The molecule has 1 atom stereocenters. The third kappa shape index (κ3) is 1.70. The molecule has 0 saturated heterocycles. The number of halogens is 1. The average molecular weight is 191 g/mol. The van der Waals surface area contributed by atoms with Crippen molar-refractivity contribution in [2.24, 2.45) is 0 Å². The molecule has 0 aliphatic rings. The van der Waals surface area contributed by atoms with Crippen molar-refractivity contribution in [3.8, 4) is 5.88 Å². The molecule has 4 nitrogen and oxygen atoms in total. The molecule has 0 aliphatic heterocycles. The molecule has 0 spiro atoms. The van der Waals surface area contributed by atoms with Gasteiger partial charge in [-0.15, -0.1) is 0 Å². The minimum absolute atomic E-state index is 0.0411. The largest absolute Gasteiger partial charge is 0.480 e. The van der Waals surface area contributed by atoms with Gasteiger partial charge in [-0.05, 0) is 11.5 Å². The molecule has 0 saturated carbocycles. The molecular weight excluding hydrogens is 185 g/mol. The molecule has 1 heterocycles. The van der Waals surface area contributed by atoms with Gasteiger partial charge >= 0.3 is 5.97 Å². The van der Waals surface area contributed by atoms with Crippen LogP contribution in [0.5, 0.6) is 5.88 Å². The van der Waals surface area contributed by atoms with E-state index in [1.807, 2.05) is 0 Å². The van der Waals surface area contributed by atoms with Gasteiger partial charge in [-0.1, -0.05) is 0 Å². The van der Waals surface area contributed by atoms with Crippen LogP contribution in [0.2, 0.25) is 0 Å². The first-order valence-corrected chi connectivity index (χ1v) is 3.80. The summed E-state index contributed by atoms with van der Waals surface area (Å²) in [6.07, 6.45) is -2.01. The summed E-state index contributed by atoms with van der Waals surface area (Å²) in [6, 6.07) is 1.27. The molecule has 1 N–H and O–H groups in total. The normalized spacial score (nSPS) is 12.5. The van der Waals surface area contributed by atoms with E-state index in [0.717, 1.165) is 11.5 Å². The van der Waals surface area contributed by atoms with Crippen LogP contribution in [0.1, 0.15) is 11.0 Å². The fraction of sp³-hybridized carbons (Fsp3) is 0.333. The van der Waals surface area contributed by atoms with Crippen LogP contribution in [0, 0.1) is 0 Å². The molecule has 1 unspecified atom stereocenters. The zero-order chi connectivity index (χ0) is 9.14. The summed E-state index contributed by atoms with van der Waals surface area (Å²) in [6.45, 7) is 0. The quantitative estimate of drug-likeness (QED) is 0.781. The first-order chi connectivity index (χ1) is 5.65. The van der Waals surface area contributed by atoms with Crippen molar-refractivity contribution >= 4 is 17.5 Å². The van der Waals surface area contributed by atoms with Gasteiger partial charge in [0.25, 0.3) is 0 Å². The van der Waals surface area contributed by atoms with Crippen molar-refractivity contribution in [2.75, 3.05) is 7.11 Å². The summed E-state index contributed by atoms with van der Waals surface area (Å²) < 4.78 is 21.0. The third-order valence-corrected chi connectivity index (χ3v) is 1.99. The molecule has 1 aromatic heterocycles. The lowest BCUT2D eigenvalue weighted by Crippen LogP contribution is -2.03. The number of carboxylic acid groups (broad SMARTS) is 1. The van der Waals surface area contributed by atoms with E-state index in [1.165, 1.54) is 13.2 Å². The summed E-state index contributed by atoms with van der Waals surface area (Å²) in [5.41, 5.74) is 0. The zero-order valence-corrected chi connectivity index (χ0v) is 6.97. The topological polar surface area (TPSA) is 59.4 Å². The first kappa shape index (κ1) is 8.92. The second-order valence-corrected chi connectivity index (χ2v) is 2.81. The highest BCUT2D eigenvalue weighted by Crippen LogP contribution is 2.25. The van der Waals surface area contributed by atoms with Crippen molar-refractivity contribution in [1.82, 2.24) is 4.37 Å². The second-order valence-electron chi connectivity index (χ2n) is 1.97. The molecule has 0 bridgehead atoms. The molecule has 0 amide bonds. The maximum Gasteiger partial charge on any atom is 0.343 e. The van der Waals surface area contributed by atoms with Crippen molar-refractivity contribution < 1.29 is 19.0 Å². The Hall–Kier alpha value is -1.17. The van der Waals surface area contributed by atoms with E-state index in [1.54, 1.807) is 0 Å². The van der Waals surface area contributed by atoms with Crippen LogP contribution in [0.4, 0.5) is 4.39 Å². The number of alkyl halides is 1. The number of aromatic nitrogens is 1. The van der Waals surface area contributed by atoms with Gasteiger partial charge in [-0.25, -0.2) is 9.18 Å². The minimum atomic E-state index is -2.01. The van der Waals surface area contributed by atoms with Crippen LogP contribution >= 0.6 is 11.5 Å². The Balaban J connectivity index is 2.81. The standard InChI is InChI=1S/C6H6FNO3S/c1-11-4-2-3(12-8-4)5(7)6(9)10/h2,5H,1H3,(H,9,10). The summed E-state index contributed by atoms with van der Waals surface area (Å²) in [5, 5.41) is 8.28. The monoisotopic (exact) mass is 191 g/mol. The van der Waals surface area contributed by atoms with E-state index in [-0.39, 0.29) is 10.8 Å². The van der Waals surface area contributed by atoms with E-state index in [4.69, 9.17) is 5.11 Å². The minimum Gasteiger partial charge on any atom is -0.480 e. The van der Waals surface area contributed by atoms with E-state index >= 15 is 0 Å². The highest BCUT2D eigenvalue weighted by molar-refractivity contribution is 7.06. The molecule has 0 radical (unpaired) electrons. The van der Waals surface area contributed by atoms with Crippen LogP contribution in [0.3, 0.4) is 0 Å². The Morgan fingerprint density at radius 3 is 3.00 bits per heavy atom. The lowest BCUT2D eigenvalue weighted by molar-refractivity contribution is -0.142. The van der Waals surface area contributed by atoms with Gasteiger partial charge in [0.2, 0.25) is 12.1 Å². The van der Waals surface area contributed by atoms with Crippen molar-refractivity contribution in [3.05, 3.63) is 10.9 Å². The molecule has 0 aromatic carbocycles. The van der Waals surface area contributed by atoms with Gasteiger partial charge < -0.3 is 9.84 Å². The third-order valence-electron chi connectivity index (χ3n) is 1.18. The molecular formula is C6H6FNO3S. The van der Waals surface area contributed by atoms with Crippen molar-refractivity contribution in [1.29, 1.82) is 0 Å². The van der Waals surface area contributed by atoms with Gasteiger partial charge in [0.05, 0.1) is 12.0 Å². The van der Waals surface area contributed by atoms with Crippen molar-refractivity contribution in [2.45, 2.75) is 6.17 Å². The Kier molecular flexibility index (Phi) is 2.59. The Bertz CT molecular complexity index is 288. The van der Waals surface area contributed by atoms with Crippen LogP contribution in [0.15, 0.2) is 6.07 Å². The Morgan fingerprint density at radius 2 is 2.58 bits per heavy atom. The first-order valence-electron chi connectivity index (χ1n) is 3.02. The Morgan fingerprint density at radius 1 is 1.92 bits per heavy atom. The number of hydrogen-bond acceptors (Lipinski definition) is 4. The molecule has 1 rings (SSSR count). The van der Waals surface area contributed by atoms with Gasteiger partial charge in [0, 0.05) is 6.07 Å². The molecule has 0 aliphatic carbocycles. The van der Waals surface area contributed by atoms with Gasteiger partial charge in [-0.2, -0.15) is 4.37 Å². The smallest absolute Gasteiger partial charge is 0.343 e. The van der Waals surface area contributed by atoms with Crippen LogP contribution in [-0.4, -0.2) is 22.6 Å². The molecule has 1 aromatic rings. The number of rotatable bonds is 3. The second kappa shape index (κ2) is 3.48. The number of ether oxygens (including phenoxy) is 1. The van der Waals surface area contributed by atoms with E-state index in [2.05, 4.69) is 9.11 Å². The van der Waals surface area contributed by atoms with Gasteiger partial charge in [0.15, 0.2) is 0 Å². The summed E-state index contributed by atoms with van der Waals surface area (Å²) >= 11 is 0.780. The summed E-state index contributed by atoms with van der Waals surface area (Å²) in [4.78, 5) is 10.2. The SMILES string of the molecule is COc1cc(C(F)C(=O)O)sn1. The average Bonchev–Trinajstić information content (AvgIpc) is 2.50.